The molecule has 1 unspecified atom stereocenters. The fraction of sp³-hybridized carbons (Fsp3) is 0.450. The van der Waals surface area contributed by atoms with Crippen LogP contribution in [0.1, 0.15) is 31.2 Å². The molecule has 0 saturated heterocycles. The molecule has 0 spiro atoms. The number of benzene rings is 1. The summed E-state index contributed by atoms with van der Waals surface area (Å²) in [5, 5.41) is 28.7. The summed E-state index contributed by atoms with van der Waals surface area (Å²) < 4.78 is 1.59. The monoisotopic (exact) mass is 435 g/mol. The second-order valence-corrected chi connectivity index (χ2v) is 8.47. The van der Waals surface area contributed by atoms with Crippen LogP contribution in [0.2, 0.25) is 10.0 Å². The Balaban J connectivity index is 1.63. The summed E-state index contributed by atoms with van der Waals surface area (Å²) in [6, 6.07) is 5.77. The summed E-state index contributed by atoms with van der Waals surface area (Å²) in [4.78, 5) is 8.78. The molecule has 1 atom stereocenters. The van der Waals surface area contributed by atoms with Gasteiger partial charge in [-0.25, -0.2) is 14.6 Å². The Morgan fingerprint density at radius 3 is 2.69 bits per heavy atom. The zero-order valence-corrected chi connectivity index (χ0v) is 17.4. The molecule has 2 aromatic heterocycles. The Hall–Kier alpha value is -1.93. The highest BCUT2D eigenvalue weighted by molar-refractivity contribution is 6.42. The van der Waals surface area contributed by atoms with Crippen LogP contribution in [0, 0.1) is 0 Å². The van der Waals surface area contributed by atoms with E-state index in [1.807, 2.05) is 18.2 Å². The smallest absolute Gasteiger partial charge is 0.163 e. The van der Waals surface area contributed by atoms with Crippen molar-refractivity contribution >= 4 is 40.1 Å². The average molecular weight is 436 g/mol. The number of aliphatic hydroxyl groups is 2. The van der Waals surface area contributed by atoms with E-state index < -0.39 is 6.10 Å². The van der Waals surface area contributed by atoms with E-state index in [1.165, 1.54) is 6.33 Å². The van der Waals surface area contributed by atoms with Crippen LogP contribution in [0.5, 0.6) is 0 Å². The molecule has 1 saturated carbocycles. The number of aliphatic hydroxyl groups excluding tert-OH is 2. The van der Waals surface area contributed by atoms with Crippen molar-refractivity contribution in [1.82, 2.24) is 19.7 Å². The van der Waals surface area contributed by atoms with E-state index in [0.29, 0.717) is 15.7 Å². The van der Waals surface area contributed by atoms with Crippen molar-refractivity contribution in [3.63, 3.8) is 0 Å². The van der Waals surface area contributed by atoms with E-state index in [1.54, 1.807) is 10.9 Å². The molecule has 3 aromatic rings. The fourth-order valence-corrected chi connectivity index (χ4v) is 4.39. The maximum absolute atomic E-state index is 9.75. The fourth-order valence-electron chi connectivity index (χ4n) is 4.07. The summed E-state index contributed by atoms with van der Waals surface area (Å²) in [6.07, 6.45) is 7.45. The first-order valence-corrected chi connectivity index (χ1v) is 10.4. The van der Waals surface area contributed by atoms with E-state index >= 15 is 0 Å². The number of aromatic nitrogens is 4. The molecule has 0 bridgehead atoms. The van der Waals surface area contributed by atoms with Crippen molar-refractivity contribution in [2.24, 2.45) is 0 Å². The van der Waals surface area contributed by atoms with Gasteiger partial charge in [0, 0.05) is 5.54 Å². The van der Waals surface area contributed by atoms with Crippen LogP contribution in [-0.4, -0.2) is 48.2 Å². The second-order valence-electron chi connectivity index (χ2n) is 7.66. The number of fused-ring (bicyclic) bond motifs is 1. The Kier molecular flexibility index (Phi) is 5.92. The molecule has 1 aliphatic carbocycles. The van der Waals surface area contributed by atoms with Crippen molar-refractivity contribution < 1.29 is 10.2 Å². The second kappa shape index (κ2) is 8.44. The van der Waals surface area contributed by atoms with Gasteiger partial charge >= 0.3 is 0 Å². The topological polar surface area (TPSA) is 96.1 Å². The number of rotatable bonds is 7. The average Bonchev–Trinajstić information content (AvgIpc) is 3.33. The lowest BCUT2D eigenvalue weighted by atomic mass is 9.89. The van der Waals surface area contributed by atoms with Gasteiger partial charge in [0.1, 0.15) is 12.1 Å². The largest absolute Gasteiger partial charge is 0.394 e. The van der Waals surface area contributed by atoms with Gasteiger partial charge in [-0.3, -0.25) is 0 Å². The normalized spacial score (nSPS) is 17.0. The predicted molar refractivity (Wildman–Crippen MR) is 113 cm³/mol. The molecule has 0 aliphatic heterocycles. The molecule has 2 heterocycles. The summed E-state index contributed by atoms with van der Waals surface area (Å²) >= 11 is 12.3. The van der Waals surface area contributed by atoms with Crippen molar-refractivity contribution in [2.75, 3.05) is 11.9 Å². The maximum Gasteiger partial charge on any atom is 0.163 e. The molecule has 7 nitrogen and oxygen atoms in total. The number of anilines is 1. The van der Waals surface area contributed by atoms with Gasteiger partial charge in [0.05, 0.1) is 40.9 Å². The van der Waals surface area contributed by atoms with Gasteiger partial charge in [-0.15, -0.1) is 0 Å². The van der Waals surface area contributed by atoms with Gasteiger partial charge in [0.25, 0.3) is 0 Å². The van der Waals surface area contributed by atoms with Gasteiger partial charge in [0.15, 0.2) is 5.65 Å². The maximum atomic E-state index is 9.75. The molecule has 0 amide bonds. The van der Waals surface area contributed by atoms with Gasteiger partial charge in [-0.05, 0) is 37.0 Å². The SMILES string of the molecule is OCC(O)Cn1ncc2c(NC3(Cc4ccc(Cl)c(Cl)c4)CCCC3)ncnc21. The molecular weight excluding hydrogens is 413 g/mol. The van der Waals surface area contributed by atoms with Crippen LogP contribution in [0.4, 0.5) is 5.82 Å². The molecule has 154 valence electrons. The molecular formula is C20H23Cl2N5O2. The highest BCUT2D eigenvalue weighted by atomic mass is 35.5. The summed E-state index contributed by atoms with van der Waals surface area (Å²) in [5.41, 5.74) is 1.61. The summed E-state index contributed by atoms with van der Waals surface area (Å²) in [7, 11) is 0. The van der Waals surface area contributed by atoms with Gasteiger partial charge in [-0.1, -0.05) is 42.1 Å². The van der Waals surface area contributed by atoms with E-state index in [-0.39, 0.29) is 18.7 Å². The van der Waals surface area contributed by atoms with Gasteiger partial charge in [-0.2, -0.15) is 5.10 Å². The molecule has 3 N–H and O–H groups in total. The minimum absolute atomic E-state index is 0.134. The zero-order chi connectivity index (χ0) is 20.4. The third kappa shape index (κ3) is 4.33. The van der Waals surface area contributed by atoms with Crippen LogP contribution < -0.4 is 5.32 Å². The van der Waals surface area contributed by atoms with Crippen molar-refractivity contribution in [3.8, 4) is 0 Å². The zero-order valence-electron chi connectivity index (χ0n) is 15.9. The number of nitrogens with one attached hydrogen (secondary N) is 1. The predicted octanol–water partition coefficient (Wildman–Crippen LogP) is 3.45. The highest BCUT2D eigenvalue weighted by Gasteiger charge is 2.35. The van der Waals surface area contributed by atoms with E-state index in [0.717, 1.165) is 48.9 Å². The van der Waals surface area contributed by atoms with E-state index in [4.69, 9.17) is 28.3 Å². The van der Waals surface area contributed by atoms with E-state index in [9.17, 15) is 5.11 Å². The van der Waals surface area contributed by atoms with Crippen LogP contribution in [-0.2, 0) is 13.0 Å². The lowest BCUT2D eigenvalue weighted by molar-refractivity contribution is 0.0792. The lowest BCUT2D eigenvalue weighted by Crippen LogP contribution is -2.38. The van der Waals surface area contributed by atoms with Crippen molar-refractivity contribution in [3.05, 3.63) is 46.3 Å². The summed E-state index contributed by atoms with van der Waals surface area (Å²) in [5.74, 6) is 0.724. The van der Waals surface area contributed by atoms with Crippen LogP contribution in [0.3, 0.4) is 0 Å². The molecule has 4 rings (SSSR count). The Morgan fingerprint density at radius 2 is 1.97 bits per heavy atom. The Morgan fingerprint density at radius 1 is 1.17 bits per heavy atom. The van der Waals surface area contributed by atoms with Crippen molar-refractivity contribution in [2.45, 2.75) is 50.3 Å². The number of halogens is 2. The van der Waals surface area contributed by atoms with Crippen molar-refractivity contribution in [1.29, 1.82) is 0 Å². The highest BCUT2D eigenvalue weighted by Crippen LogP contribution is 2.37. The third-order valence-corrected chi connectivity index (χ3v) is 6.24. The van der Waals surface area contributed by atoms with Crippen LogP contribution in [0.25, 0.3) is 11.0 Å². The molecule has 1 aliphatic rings. The van der Waals surface area contributed by atoms with Gasteiger partial charge in [0.2, 0.25) is 0 Å². The minimum atomic E-state index is -0.889. The van der Waals surface area contributed by atoms with Crippen LogP contribution in [0.15, 0.2) is 30.7 Å². The molecule has 1 fully saturated rings. The molecule has 0 radical (unpaired) electrons. The number of hydrogen-bond acceptors (Lipinski definition) is 6. The molecule has 9 heteroatoms. The van der Waals surface area contributed by atoms with Crippen LogP contribution >= 0.6 is 23.2 Å². The third-order valence-electron chi connectivity index (χ3n) is 5.50. The number of hydrogen-bond donors (Lipinski definition) is 3. The Labute approximate surface area is 178 Å². The van der Waals surface area contributed by atoms with E-state index in [2.05, 4.69) is 20.4 Å². The first kappa shape index (κ1) is 20.3. The molecule has 1 aromatic carbocycles. The summed E-state index contributed by atoms with van der Waals surface area (Å²) in [6.45, 7) is -0.158. The van der Waals surface area contributed by atoms with Gasteiger partial charge < -0.3 is 15.5 Å². The first-order valence-electron chi connectivity index (χ1n) is 9.67. The Bertz CT molecular complexity index is 1000. The lowest BCUT2D eigenvalue weighted by Gasteiger charge is -2.31. The first-order chi connectivity index (χ1) is 14.0. The number of nitrogens with zero attached hydrogens (tertiary/aromatic N) is 4. The quantitative estimate of drug-likeness (QED) is 0.525. The molecule has 29 heavy (non-hydrogen) atoms. The standard InChI is InChI=1S/C20H23Cl2N5O2/c21-16-4-3-13(7-17(16)22)8-20(5-1-2-6-20)26-18-15-9-25-27(10-14(29)11-28)19(15)24-12-23-18/h3-4,7,9,12,14,28-29H,1-2,5-6,8,10-11H2,(H,23,24,26). The minimum Gasteiger partial charge on any atom is -0.394 e.